The highest BCUT2D eigenvalue weighted by Crippen LogP contribution is 2.31. The summed E-state index contributed by atoms with van der Waals surface area (Å²) in [5.74, 6) is 0.104. The first-order valence-electron chi connectivity index (χ1n) is 4.59. The highest BCUT2D eigenvalue weighted by Gasteiger charge is 2.28. The smallest absolute Gasteiger partial charge is 0.327 e. The molecule has 0 aromatic carbocycles. The normalized spacial score (nSPS) is 15.6. The second kappa shape index (κ2) is 5.26. The van der Waals surface area contributed by atoms with E-state index >= 15 is 0 Å². The van der Waals surface area contributed by atoms with Gasteiger partial charge in [-0.2, -0.15) is 13.2 Å². The molecular formula is C9H18F3NS. The van der Waals surface area contributed by atoms with Gasteiger partial charge >= 0.3 is 5.51 Å². The molecule has 1 unspecified atom stereocenters. The van der Waals surface area contributed by atoms with Crippen LogP contribution in [0, 0.1) is 5.41 Å². The van der Waals surface area contributed by atoms with Crippen LogP contribution in [-0.4, -0.2) is 17.3 Å². The Labute approximate surface area is 87.6 Å². The van der Waals surface area contributed by atoms with Crippen LogP contribution in [0.4, 0.5) is 13.2 Å². The quantitative estimate of drug-likeness (QED) is 0.748. The third-order valence-corrected chi connectivity index (χ3v) is 2.86. The molecule has 0 saturated carbocycles. The first-order chi connectivity index (χ1) is 6.13. The summed E-state index contributed by atoms with van der Waals surface area (Å²) in [5, 5.41) is 0. The molecule has 0 amide bonds. The molecule has 2 N–H and O–H groups in total. The van der Waals surface area contributed by atoms with E-state index < -0.39 is 5.51 Å². The number of hydrogen-bond donors (Lipinski definition) is 1. The van der Waals surface area contributed by atoms with Gasteiger partial charge in [0.05, 0.1) is 0 Å². The maximum absolute atomic E-state index is 11.7. The van der Waals surface area contributed by atoms with Crippen molar-refractivity contribution in [3.8, 4) is 0 Å². The van der Waals surface area contributed by atoms with Gasteiger partial charge in [-0.15, -0.1) is 0 Å². The van der Waals surface area contributed by atoms with Crippen LogP contribution in [0.3, 0.4) is 0 Å². The average molecular weight is 229 g/mol. The van der Waals surface area contributed by atoms with Crippen molar-refractivity contribution in [2.75, 3.05) is 5.75 Å². The Kier molecular flexibility index (Phi) is 5.30. The van der Waals surface area contributed by atoms with Gasteiger partial charge in [-0.3, -0.25) is 0 Å². The Bertz CT molecular complexity index is 162. The summed E-state index contributed by atoms with van der Waals surface area (Å²) in [6, 6.07) is -0.0312. The van der Waals surface area contributed by atoms with Crippen molar-refractivity contribution >= 4 is 11.8 Å². The van der Waals surface area contributed by atoms with Gasteiger partial charge in [0.2, 0.25) is 0 Å². The van der Waals surface area contributed by atoms with Crippen molar-refractivity contribution in [2.45, 2.75) is 45.2 Å². The van der Waals surface area contributed by atoms with Gasteiger partial charge < -0.3 is 5.73 Å². The Morgan fingerprint density at radius 1 is 1.21 bits per heavy atom. The first-order valence-corrected chi connectivity index (χ1v) is 5.58. The van der Waals surface area contributed by atoms with E-state index in [9.17, 15) is 13.2 Å². The van der Waals surface area contributed by atoms with Gasteiger partial charge in [-0.25, -0.2) is 0 Å². The second-order valence-corrected chi connectivity index (χ2v) is 5.57. The third-order valence-electron chi connectivity index (χ3n) is 2.04. The van der Waals surface area contributed by atoms with Crippen LogP contribution < -0.4 is 5.73 Å². The van der Waals surface area contributed by atoms with Crippen LogP contribution in [0.1, 0.15) is 33.6 Å². The van der Waals surface area contributed by atoms with E-state index in [0.29, 0.717) is 12.8 Å². The van der Waals surface area contributed by atoms with Crippen LogP contribution >= 0.6 is 11.8 Å². The molecule has 86 valence electrons. The lowest BCUT2D eigenvalue weighted by molar-refractivity contribution is -0.0328. The second-order valence-electron chi connectivity index (χ2n) is 4.41. The fraction of sp³-hybridized carbons (Fsp3) is 1.00. The zero-order chi connectivity index (χ0) is 11.4. The molecule has 1 atom stereocenters. The summed E-state index contributed by atoms with van der Waals surface area (Å²) in [6.45, 7) is 5.98. The van der Waals surface area contributed by atoms with E-state index in [4.69, 9.17) is 5.73 Å². The molecule has 0 heterocycles. The van der Waals surface area contributed by atoms with E-state index in [1.807, 2.05) is 20.8 Å². The average Bonchev–Trinajstić information content (AvgIpc) is 1.93. The van der Waals surface area contributed by atoms with Gasteiger partial charge in [-0.05, 0) is 18.3 Å². The standard InChI is InChI=1S/C9H18F3NS/c1-8(2,3)7(13)5-4-6-14-9(10,11)12/h7H,4-6,13H2,1-3H3. The van der Waals surface area contributed by atoms with Crippen LogP contribution in [-0.2, 0) is 0 Å². The largest absolute Gasteiger partial charge is 0.441 e. The Morgan fingerprint density at radius 3 is 2.07 bits per heavy atom. The molecule has 0 aliphatic carbocycles. The van der Waals surface area contributed by atoms with Gasteiger partial charge in [0, 0.05) is 11.8 Å². The van der Waals surface area contributed by atoms with Crippen molar-refractivity contribution < 1.29 is 13.2 Å². The minimum Gasteiger partial charge on any atom is -0.327 e. The van der Waals surface area contributed by atoms with Crippen LogP contribution in [0.5, 0.6) is 0 Å². The van der Waals surface area contributed by atoms with Crippen molar-refractivity contribution in [3.63, 3.8) is 0 Å². The number of halogens is 3. The summed E-state index contributed by atoms with van der Waals surface area (Å²) in [7, 11) is 0. The van der Waals surface area contributed by atoms with Crippen LogP contribution in [0.2, 0.25) is 0 Å². The maximum atomic E-state index is 11.7. The number of thioether (sulfide) groups is 1. The van der Waals surface area contributed by atoms with Crippen molar-refractivity contribution in [2.24, 2.45) is 11.1 Å². The molecule has 0 fully saturated rings. The summed E-state index contributed by atoms with van der Waals surface area (Å²) >= 11 is 0.0306. The van der Waals surface area contributed by atoms with Crippen LogP contribution in [0.15, 0.2) is 0 Å². The van der Waals surface area contributed by atoms with E-state index in [0.717, 1.165) is 0 Å². The van der Waals surface area contributed by atoms with Gasteiger partial charge in [0.15, 0.2) is 0 Å². The molecule has 0 aromatic heterocycles. The molecule has 0 saturated heterocycles. The molecule has 0 bridgehead atoms. The SMILES string of the molecule is CC(C)(C)C(N)CCCSC(F)(F)F. The van der Waals surface area contributed by atoms with Gasteiger partial charge in [-0.1, -0.05) is 32.5 Å². The molecule has 0 rings (SSSR count). The minimum absolute atomic E-state index is 0.0249. The van der Waals surface area contributed by atoms with Gasteiger partial charge in [0.1, 0.15) is 0 Å². The highest BCUT2D eigenvalue weighted by molar-refractivity contribution is 8.00. The minimum atomic E-state index is -4.11. The zero-order valence-corrected chi connectivity index (χ0v) is 9.63. The molecule has 0 aromatic rings. The van der Waals surface area contributed by atoms with Crippen molar-refractivity contribution in [1.29, 1.82) is 0 Å². The molecule has 0 aliphatic rings. The number of hydrogen-bond acceptors (Lipinski definition) is 2. The Balaban J connectivity index is 3.56. The molecule has 0 radical (unpaired) electrons. The highest BCUT2D eigenvalue weighted by atomic mass is 32.2. The summed E-state index contributed by atoms with van der Waals surface area (Å²) in [4.78, 5) is 0. The predicted octanol–water partition coefficient (Wildman–Crippen LogP) is 3.39. The molecule has 0 aliphatic heterocycles. The Morgan fingerprint density at radius 2 is 1.71 bits per heavy atom. The maximum Gasteiger partial charge on any atom is 0.441 e. The lowest BCUT2D eigenvalue weighted by Gasteiger charge is -2.26. The fourth-order valence-electron chi connectivity index (χ4n) is 0.924. The molecule has 0 spiro atoms. The topological polar surface area (TPSA) is 26.0 Å². The van der Waals surface area contributed by atoms with Crippen molar-refractivity contribution in [1.82, 2.24) is 0 Å². The fourth-order valence-corrected chi connectivity index (χ4v) is 1.47. The molecule has 1 nitrogen and oxygen atoms in total. The monoisotopic (exact) mass is 229 g/mol. The number of nitrogens with two attached hydrogens (primary N) is 1. The van der Waals surface area contributed by atoms with Gasteiger partial charge in [0.25, 0.3) is 0 Å². The van der Waals surface area contributed by atoms with E-state index in [2.05, 4.69) is 0 Å². The summed E-state index contributed by atoms with van der Waals surface area (Å²) < 4.78 is 35.2. The summed E-state index contributed by atoms with van der Waals surface area (Å²) in [6.07, 6.45) is 1.16. The van der Waals surface area contributed by atoms with Crippen molar-refractivity contribution in [3.05, 3.63) is 0 Å². The lowest BCUT2D eigenvalue weighted by Crippen LogP contribution is -2.34. The third kappa shape index (κ3) is 7.50. The van der Waals surface area contributed by atoms with Crippen LogP contribution in [0.25, 0.3) is 0 Å². The number of alkyl halides is 3. The predicted molar refractivity (Wildman–Crippen MR) is 55.2 cm³/mol. The molecule has 14 heavy (non-hydrogen) atoms. The lowest BCUT2D eigenvalue weighted by atomic mass is 9.85. The summed E-state index contributed by atoms with van der Waals surface area (Å²) in [5.41, 5.74) is 1.68. The number of rotatable bonds is 4. The zero-order valence-electron chi connectivity index (χ0n) is 8.82. The first kappa shape index (κ1) is 14.1. The molecular weight excluding hydrogens is 211 g/mol. The Hall–Kier alpha value is 0.100. The van der Waals surface area contributed by atoms with E-state index in [-0.39, 0.29) is 29.0 Å². The molecule has 5 heteroatoms. The van der Waals surface area contributed by atoms with E-state index in [1.165, 1.54) is 0 Å². The van der Waals surface area contributed by atoms with E-state index in [1.54, 1.807) is 0 Å².